The van der Waals surface area contributed by atoms with E-state index in [0.717, 1.165) is 72.5 Å². The fraction of sp³-hybridized carbons (Fsp3) is 0.370. The summed E-state index contributed by atoms with van der Waals surface area (Å²) >= 11 is 0. The Bertz CT molecular complexity index is 1460. The van der Waals surface area contributed by atoms with Crippen LogP contribution in [-0.2, 0) is 10.9 Å². The van der Waals surface area contributed by atoms with Crippen LogP contribution in [0.3, 0.4) is 0 Å². The molecule has 0 saturated carbocycles. The Morgan fingerprint density at radius 2 is 1.82 bits per heavy atom. The van der Waals surface area contributed by atoms with Crippen molar-refractivity contribution in [2.24, 2.45) is 0 Å². The summed E-state index contributed by atoms with van der Waals surface area (Å²) in [6.07, 6.45) is 2.12. The van der Waals surface area contributed by atoms with Crippen molar-refractivity contribution < 1.29 is 22.6 Å². The summed E-state index contributed by atoms with van der Waals surface area (Å²) in [7, 11) is 2.15. The zero-order chi connectivity index (χ0) is 26.4. The van der Waals surface area contributed by atoms with Gasteiger partial charge in [0.1, 0.15) is 17.7 Å². The third-order valence-electron chi connectivity index (χ3n) is 7.26. The predicted molar refractivity (Wildman–Crippen MR) is 135 cm³/mol. The maximum Gasteiger partial charge on any atom is 0.416 e. The first kappa shape index (κ1) is 24.6. The molecule has 11 heteroatoms. The number of likely N-dealkylation sites (N-methyl/N-ethyl adjacent to an activating group) is 1. The van der Waals surface area contributed by atoms with E-state index < -0.39 is 11.7 Å². The third kappa shape index (κ3) is 4.91. The number of rotatable bonds is 5. The van der Waals surface area contributed by atoms with Gasteiger partial charge in [0.05, 0.1) is 30.5 Å². The largest absolute Gasteiger partial charge is 0.488 e. The Hall–Kier alpha value is -3.70. The van der Waals surface area contributed by atoms with Gasteiger partial charge in [-0.3, -0.25) is 9.88 Å². The molecule has 198 valence electrons. The van der Waals surface area contributed by atoms with Gasteiger partial charge in [0.15, 0.2) is 5.82 Å². The molecule has 1 unspecified atom stereocenters. The number of piperidine rings is 1. The lowest BCUT2D eigenvalue weighted by molar-refractivity contribution is -0.137. The predicted octanol–water partition coefficient (Wildman–Crippen LogP) is 5.10. The number of aromatic nitrogens is 4. The number of hydrogen-bond acceptors (Lipinski definition) is 7. The minimum Gasteiger partial charge on any atom is -0.488 e. The number of morpholine rings is 1. The molecule has 2 fully saturated rings. The number of ether oxygens (including phenoxy) is 2. The maximum absolute atomic E-state index is 13.1. The molecule has 0 radical (unpaired) electrons. The van der Waals surface area contributed by atoms with Crippen LogP contribution in [-0.4, -0.2) is 62.9 Å². The average molecular weight is 525 g/mol. The molecule has 6 heterocycles. The highest BCUT2D eigenvalue weighted by Crippen LogP contribution is 2.35. The number of nitrogens with one attached hydrogen (secondary N) is 1. The van der Waals surface area contributed by atoms with Crippen LogP contribution >= 0.6 is 0 Å². The highest BCUT2D eigenvalue weighted by molar-refractivity contribution is 5.75. The lowest BCUT2D eigenvalue weighted by Gasteiger charge is -2.46. The summed E-state index contributed by atoms with van der Waals surface area (Å²) < 4.78 is 53.1. The van der Waals surface area contributed by atoms with Gasteiger partial charge in [-0.2, -0.15) is 18.3 Å². The van der Waals surface area contributed by atoms with E-state index in [1.807, 2.05) is 31.3 Å². The summed E-state index contributed by atoms with van der Waals surface area (Å²) in [5, 5.41) is 7.30. The normalized spacial score (nSPS) is 22.0. The molecule has 0 aromatic carbocycles. The van der Waals surface area contributed by atoms with E-state index >= 15 is 0 Å². The zero-order valence-corrected chi connectivity index (χ0v) is 20.9. The lowest BCUT2D eigenvalue weighted by Crippen LogP contribution is -2.57. The summed E-state index contributed by atoms with van der Waals surface area (Å²) in [6, 6.07) is 10.2. The van der Waals surface area contributed by atoms with Gasteiger partial charge in [0.25, 0.3) is 0 Å². The first-order valence-corrected chi connectivity index (χ1v) is 12.5. The molecule has 38 heavy (non-hydrogen) atoms. The van der Waals surface area contributed by atoms with E-state index in [9.17, 15) is 13.2 Å². The molecular formula is C27H27F3N6O2. The number of aryl methyl sites for hydroxylation is 1. The smallest absolute Gasteiger partial charge is 0.416 e. The van der Waals surface area contributed by atoms with E-state index in [0.29, 0.717) is 17.9 Å². The van der Waals surface area contributed by atoms with Gasteiger partial charge in [0, 0.05) is 54.6 Å². The van der Waals surface area contributed by atoms with Gasteiger partial charge in [-0.25, -0.2) is 9.50 Å². The first-order chi connectivity index (χ1) is 18.2. The van der Waals surface area contributed by atoms with Crippen LogP contribution in [0.1, 0.15) is 24.1 Å². The molecule has 2 aliphatic heterocycles. The molecule has 2 bridgehead atoms. The van der Waals surface area contributed by atoms with Crippen molar-refractivity contribution in [3.63, 3.8) is 0 Å². The van der Waals surface area contributed by atoms with Crippen molar-refractivity contribution in [1.82, 2.24) is 24.5 Å². The second kappa shape index (κ2) is 9.55. The Morgan fingerprint density at radius 3 is 2.58 bits per heavy atom. The summed E-state index contributed by atoms with van der Waals surface area (Å²) in [4.78, 5) is 10.9. The van der Waals surface area contributed by atoms with Crippen molar-refractivity contribution in [3.05, 3.63) is 66.2 Å². The lowest BCUT2D eigenvalue weighted by atomic mass is 9.92. The van der Waals surface area contributed by atoms with Crippen LogP contribution in [0.4, 0.5) is 24.8 Å². The monoisotopic (exact) mass is 524 g/mol. The SMILES string of the molecule is Cc1cc(-c2ccn3nc(Nc4cc(C(F)(F)F)ccn4)cc3c2)c(OC2C[C@H]3COC[C@@H](C2)N3C)cn1. The molecule has 0 amide bonds. The number of nitrogens with zero attached hydrogens (tertiary/aromatic N) is 5. The van der Waals surface area contributed by atoms with Crippen molar-refractivity contribution in [2.45, 2.75) is 44.1 Å². The number of alkyl halides is 3. The minimum absolute atomic E-state index is 0.0668. The summed E-state index contributed by atoms with van der Waals surface area (Å²) in [5.74, 6) is 1.17. The van der Waals surface area contributed by atoms with Gasteiger partial charge >= 0.3 is 6.18 Å². The number of halogens is 3. The average Bonchev–Trinajstić information content (AvgIpc) is 3.27. The number of hydrogen-bond donors (Lipinski definition) is 1. The molecule has 2 aliphatic rings. The highest BCUT2D eigenvalue weighted by Gasteiger charge is 2.38. The van der Waals surface area contributed by atoms with Gasteiger partial charge < -0.3 is 14.8 Å². The molecule has 0 aliphatic carbocycles. The number of fused-ring (bicyclic) bond motifs is 3. The third-order valence-corrected chi connectivity index (χ3v) is 7.26. The maximum atomic E-state index is 13.1. The van der Waals surface area contributed by atoms with Crippen LogP contribution in [0.2, 0.25) is 0 Å². The Labute approximate surface area is 217 Å². The molecule has 4 aromatic rings. The summed E-state index contributed by atoms with van der Waals surface area (Å²) in [5.41, 5.74) is 2.71. The van der Waals surface area contributed by atoms with Crippen molar-refractivity contribution in [2.75, 3.05) is 25.6 Å². The van der Waals surface area contributed by atoms with Crippen molar-refractivity contribution in [1.29, 1.82) is 0 Å². The first-order valence-electron chi connectivity index (χ1n) is 12.5. The minimum atomic E-state index is -4.45. The van der Waals surface area contributed by atoms with Crippen LogP contribution in [0, 0.1) is 6.92 Å². The van der Waals surface area contributed by atoms with E-state index in [1.165, 1.54) is 0 Å². The van der Waals surface area contributed by atoms with Crippen LogP contribution in [0.5, 0.6) is 5.75 Å². The van der Waals surface area contributed by atoms with Crippen molar-refractivity contribution >= 4 is 17.2 Å². The number of anilines is 2. The second-order valence-electron chi connectivity index (χ2n) is 9.91. The zero-order valence-electron chi connectivity index (χ0n) is 20.9. The van der Waals surface area contributed by atoms with Gasteiger partial charge in [-0.15, -0.1) is 0 Å². The van der Waals surface area contributed by atoms with Gasteiger partial charge in [-0.1, -0.05) is 0 Å². The van der Waals surface area contributed by atoms with E-state index in [-0.39, 0.29) is 11.9 Å². The molecule has 8 nitrogen and oxygen atoms in total. The standard InChI is InChI=1S/C27H27F3N6O2/c1-16-7-23(24(13-32-16)38-22-10-20-14-37-15-21(11-22)35(20)2)17-4-6-36-19(8-17)12-26(34-36)33-25-9-18(3-5-31-25)27(28,29)30/h3-9,12-13,20-22H,10-11,14-15H2,1-2H3,(H,31,33,34)/t20-,21+,22?. The van der Waals surface area contributed by atoms with Crippen molar-refractivity contribution in [3.8, 4) is 16.9 Å². The molecule has 2 saturated heterocycles. The molecule has 4 aromatic heterocycles. The van der Waals surface area contributed by atoms with Gasteiger partial charge in [-0.05, 0) is 49.9 Å². The van der Waals surface area contributed by atoms with E-state index in [1.54, 1.807) is 16.8 Å². The second-order valence-corrected chi connectivity index (χ2v) is 9.91. The Kier molecular flexibility index (Phi) is 6.19. The Balaban J connectivity index is 1.26. The molecule has 3 atom stereocenters. The van der Waals surface area contributed by atoms with Crippen LogP contribution < -0.4 is 10.1 Å². The molecule has 0 spiro atoms. The highest BCUT2D eigenvalue weighted by atomic mass is 19.4. The molecule has 6 rings (SSSR count). The topological polar surface area (TPSA) is 76.8 Å². The fourth-order valence-corrected chi connectivity index (χ4v) is 5.22. The summed E-state index contributed by atoms with van der Waals surface area (Å²) in [6.45, 7) is 3.37. The fourth-order valence-electron chi connectivity index (χ4n) is 5.22. The van der Waals surface area contributed by atoms with E-state index in [2.05, 4.69) is 32.3 Å². The van der Waals surface area contributed by atoms with Gasteiger partial charge in [0.2, 0.25) is 0 Å². The van der Waals surface area contributed by atoms with E-state index in [4.69, 9.17) is 9.47 Å². The molecule has 1 N–H and O–H groups in total. The van der Waals surface area contributed by atoms with Crippen LogP contribution in [0.15, 0.2) is 55.0 Å². The quantitative estimate of drug-likeness (QED) is 0.389. The molecular weight excluding hydrogens is 497 g/mol. The number of pyridine rings is 3. The Morgan fingerprint density at radius 1 is 1.03 bits per heavy atom. The van der Waals surface area contributed by atoms with Crippen LogP contribution in [0.25, 0.3) is 16.6 Å².